The minimum absolute atomic E-state index is 0.301. The molecule has 0 fully saturated rings. The van der Waals surface area contributed by atoms with E-state index in [1.165, 1.54) is 0 Å². The Kier molecular flexibility index (Phi) is 4.13. The number of carbonyl (C=O) groups is 1. The van der Waals surface area contributed by atoms with Gasteiger partial charge in [-0.05, 0) is 24.3 Å². The third-order valence-corrected chi connectivity index (χ3v) is 1.70. The maximum Gasteiger partial charge on any atom is 0.319 e. The number of nitrogens with two attached hydrogens (primary N) is 1. The summed E-state index contributed by atoms with van der Waals surface area (Å²) in [7, 11) is 0. The molecule has 5 heteroatoms. The summed E-state index contributed by atoms with van der Waals surface area (Å²) in [5.41, 5.74) is 6.43. The highest BCUT2D eigenvalue weighted by Gasteiger charge is 1.99. The van der Waals surface area contributed by atoms with Crippen molar-refractivity contribution in [1.29, 1.82) is 5.26 Å². The quantitative estimate of drug-likeness (QED) is 0.674. The van der Waals surface area contributed by atoms with E-state index in [0.717, 1.165) is 0 Å². The lowest BCUT2D eigenvalue weighted by Crippen LogP contribution is -2.32. The molecular weight excluding hydrogens is 192 g/mol. The largest absolute Gasteiger partial charge is 0.337 e. The lowest BCUT2D eigenvalue weighted by Gasteiger charge is -2.05. The van der Waals surface area contributed by atoms with Crippen LogP contribution in [0.25, 0.3) is 0 Å². The Labute approximate surface area is 87.9 Å². The van der Waals surface area contributed by atoms with Crippen molar-refractivity contribution in [2.45, 2.75) is 0 Å². The maximum absolute atomic E-state index is 11.2. The van der Waals surface area contributed by atoms with Gasteiger partial charge in [-0.25, -0.2) is 4.79 Å². The zero-order valence-corrected chi connectivity index (χ0v) is 8.16. The molecule has 0 aliphatic carbocycles. The number of amides is 2. The molecule has 4 N–H and O–H groups in total. The van der Waals surface area contributed by atoms with Gasteiger partial charge >= 0.3 is 6.03 Å². The predicted octanol–water partition coefficient (Wildman–Crippen LogP) is 0.638. The van der Waals surface area contributed by atoms with Crippen molar-refractivity contribution in [3.05, 3.63) is 29.8 Å². The fourth-order valence-electron chi connectivity index (χ4n) is 0.989. The van der Waals surface area contributed by atoms with Crippen molar-refractivity contribution in [2.24, 2.45) is 5.73 Å². The molecule has 0 aliphatic rings. The van der Waals surface area contributed by atoms with E-state index in [4.69, 9.17) is 11.0 Å². The molecule has 0 radical (unpaired) electrons. The number of nitriles is 1. The van der Waals surface area contributed by atoms with Crippen LogP contribution in [0.4, 0.5) is 10.5 Å². The number of hydrogen-bond donors (Lipinski definition) is 3. The molecule has 0 bridgehead atoms. The molecule has 0 saturated heterocycles. The van der Waals surface area contributed by atoms with Gasteiger partial charge in [0.05, 0.1) is 11.6 Å². The average Bonchev–Trinajstić information content (AvgIpc) is 2.27. The van der Waals surface area contributed by atoms with Gasteiger partial charge < -0.3 is 16.4 Å². The molecule has 0 spiro atoms. The molecule has 15 heavy (non-hydrogen) atoms. The van der Waals surface area contributed by atoms with Crippen LogP contribution in [0, 0.1) is 11.3 Å². The van der Waals surface area contributed by atoms with E-state index in [1.807, 2.05) is 6.07 Å². The molecule has 1 aromatic carbocycles. The number of urea groups is 1. The first-order valence-corrected chi connectivity index (χ1v) is 4.51. The Balaban J connectivity index is 2.50. The zero-order valence-electron chi connectivity index (χ0n) is 8.16. The van der Waals surface area contributed by atoms with Gasteiger partial charge in [0.2, 0.25) is 0 Å². The van der Waals surface area contributed by atoms with Gasteiger partial charge in [0.1, 0.15) is 0 Å². The summed E-state index contributed by atoms with van der Waals surface area (Å²) in [6.07, 6.45) is 0. The molecule has 0 heterocycles. The summed E-state index contributed by atoms with van der Waals surface area (Å²) in [5, 5.41) is 13.7. The van der Waals surface area contributed by atoms with Crippen molar-refractivity contribution in [3.63, 3.8) is 0 Å². The Bertz CT molecular complexity index is 366. The second-order valence-electron chi connectivity index (χ2n) is 2.86. The SMILES string of the molecule is N#Cc1ccc(NC(=O)NCCN)cc1. The van der Waals surface area contributed by atoms with Crippen LogP contribution in [0.2, 0.25) is 0 Å². The number of nitrogens with one attached hydrogen (secondary N) is 2. The van der Waals surface area contributed by atoms with Crippen LogP contribution in [-0.4, -0.2) is 19.1 Å². The van der Waals surface area contributed by atoms with E-state index >= 15 is 0 Å². The van der Waals surface area contributed by atoms with Crippen molar-refractivity contribution in [1.82, 2.24) is 5.32 Å². The van der Waals surface area contributed by atoms with E-state index in [-0.39, 0.29) is 6.03 Å². The molecule has 0 aromatic heterocycles. The minimum Gasteiger partial charge on any atom is -0.337 e. The highest BCUT2D eigenvalue weighted by molar-refractivity contribution is 5.89. The fraction of sp³-hybridized carbons (Fsp3) is 0.200. The van der Waals surface area contributed by atoms with Gasteiger partial charge in [0, 0.05) is 18.8 Å². The number of benzene rings is 1. The molecule has 0 unspecified atom stereocenters. The average molecular weight is 204 g/mol. The number of anilines is 1. The summed E-state index contributed by atoms with van der Waals surface area (Å²) in [5.74, 6) is 0. The Morgan fingerprint density at radius 2 is 2.07 bits per heavy atom. The van der Waals surface area contributed by atoms with Crippen LogP contribution in [0.15, 0.2) is 24.3 Å². The summed E-state index contributed by atoms with van der Waals surface area (Å²) in [4.78, 5) is 11.2. The van der Waals surface area contributed by atoms with Crippen molar-refractivity contribution >= 4 is 11.7 Å². The second kappa shape index (κ2) is 5.62. The fourth-order valence-corrected chi connectivity index (χ4v) is 0.989. The molecule has 0 atom stereocenters. The number of hydrogen-bond acceptors (Lipinski definition) is 3. The van der Waals surface area contributed by atoms with Gasteiger partial charge in [-0.1, -0.05) is 0 Å². The van der Waals surface area contributed by atoms with Gasteiger partial charge in [-0.2, -0.15) is 5.26 Å². The van der Waals surface area contributed by atoms with Gasteiger partial charge in [-0.3, -0.25) is 0 Å². The van der Waals surface area contributed by atoms with Gasteiger partial charge in [-0.15, -0.1) is 0 Å². The van der Waals surface area contributed by atoms with E-state index in [1.54, 1.807) is 24.3 Å². The summed E-state index contributed by atoms with van der Waals surface area (Å²) < 4.78 is 0. The molecule has 1 aromatic rings. The van der Waals surface area contributed by atoms with Gasteiger partial charge in [0.15, 0.2) is 0 Å². The van der Waals surface area contributed by atoms with Crippen LogP contribution >= 0.6 is 0 Å². The van der Waals surface area contributed by atoms with Crippen molar-refractivity contribution in [3.8, 4) is 6.07 Å². The van der Waals surface area contributed by atoms with E-state index in [0.29, 0.717) is 24.3 Å². The lowest BCUT2D eigenvalue weighted by atomic mass is 10.2. The monoisotopic (exact) mass is 204 g/mol. The molecule has 1 rings (SSSR count). The topological polar surface area (TPSA) is 90.9 Å². The number of carbonyl (C=O) groups excluding carboxylic acids is 1. The predicted molar refractivity (Wildman–Crippen MR) is 57.2 cm³/mol. The first kappa shape index (κ1) is 11.0. The van der Waals surface area contributed by atoms with E-state index in [2.05, 4.69) is 10.6 Å². The van der Waals surface area contributed by atoms with Crippen LogP contribution < -0.4 is 16.4 Å². The molecule has 5 nitrogen and oxygen atoms in total. The molecule has 0 aliphatic heterocycles. The van der Waals surface area contributed by atoms with Crippen LogP contribution in [-0.2, 0) is 0 Å². The molecular formula is C10H12N4O. The number of nitrogens with zero attached hydrogens (tertiary/aromatic N) is 1. The summed E-state index contributed by atoms with van der Waals surface area (Å²) in [6, 6.07) is 8.31. The Morgan fingerprint density at radius 1 is 1.40 bits per heavy atom. The molecule has 2 amide bonds. The normalized spacial score (nSPS) is 9.07. The molecule has 78 valence electrons. The van der Waals surface area contributed by atoms with Crippen LogP contribution in [0.1, 0.15) is 5.56 Å². The van der Waals surface area contributed by atoms with E-state index in [9.17, 15) is 4.79 Å². The van der Waals surface area contributed by atoms with Crippen LogP contribution in [0.5, 0.6) is 0 Å². The third kappa shape index (κ3) is 3.67. The first-order valence-electron chi connectivity index (χ1n) is 4.51. The Morgan fingerprint density at radius 3 is 2.60 bits per heavy atom. The van der Waals surface area contributed by atoms with Crippen molar-refractivity contribution < 1.29 is 4.79 Å². The van der Waals surface area contributed by atoms with Crippen molar-refractivity contribution in [2.75, 3.05) is 18.4 Å². The van der Waals surface area contributed by atoms with Gasteiger partial charge in [0.25, 0.3) is 0 Å². The highest BCUT2D eigenvalue weighted by atomic mass is 16.2. The second-order valence-corrected chi connectivity index (χ2v) is 2.86. The van der Waals surface area contributed by atoms with Crippen LogP contribution in [0.3, 0.4) is 0 Å². The maximum atomic E-state index is 11.2. The third-order valence-electron chi connectivity index (χ3n) is 1.70. The molecule has 0 saturated carbocycles. The summed E-state index contributed by atoms with van der Waals surface area (Å²) in [6.45, 7) is 0.836. The Hall–Kier alpha value is -2.06. The standard InChI is InChI=1S/C10H12N4O/c11-5-6-13-10(15)14-9-3-1-8(7-12)2-4-9/h1-4H,5-6,11H2,(H2,13,14,15). The lowest BCUT2D eigenvalue weighted by molar-refractivity contribution is 0.252. The zero-order chi connectivity index (χ0) is 11.1. The number of rotatable bonds is 3. The highest BCUT2D eigenvalue weighted by Crippen LogP contribution is 2.07. The first-order chi connectivity index (χ1) is 7.26. The summed E-state index contributed by atoms with van der Waals surface area (Å²) >= 11 is 0. The minimum atomic E-state index is -0.301. The van der Waals surface area contributed by atoms with E-state index < -0.39 is 0 Å². The smallest absolute Gasteiger partial charge is 0.319 e.